The van der Waals surface area contributed by atoms with Gasteiger partial charge in [-0.3, -0.25) is 0 Å². The molecule has 3 aromatic rings. The van der Waals surface area contributed by atoms with Gasteiger partial charge in [0, 0.05) is 20.6 Å². The smallest absolute Gasteiger partial charge is 0.148 e. The first-order chi connectivity index (χ1) is 13.9. The van der Waals surface area contributed by atoms with E-state index in [1.165, 1.54) is 0 Å². The Morgan fingerprint density at radius 1 is 0.931 bits per heavy atom. The van der Waals surface area contributed by atoms with Crippen molar-refractivity contribution >= 4 is 72.9 Å². The Balaban J connectivity index is 1.62. The highest BCUT2D eigenvalue weighted by molar-refractivity contribution is 9.11. The number of halogens is 5. The molecule has 0 radical (unpaired) electrons. The third-order valence-corrected chi connectivity index (χ3v) is 6.08. The predicted molar refractivity (Wildman–Crippen MR) is 129 cm³/mol. The van der Waals surface area contributed by atoms with Gasteiger partial charge in [0.2, 0.25) is 0 Å². The van der Waals surface area contributed by atoms with Gasteiger partial charge in [0.1, 0.15) is 12.4 Å². The lowest BCUT2D eigenvalue weighted by molar-refractivity contribution is 0.302. The van der Waals surface area contributed by atoms with Gasteiger partial charge in [-0.2, -0.15) is 5.10 Å². The summed E-state index contributed by atoms with van der Waals surface area (Å²) in [5.74, 6) is 0.716. The summed E-state index contributed by atoms with van der Waals surface area (Å²) >= 11 is 25.3. The van der Waals surface area contributed by atoms with Crippen molar-refractivity contribution in [2.45, 2.75) is 13.2 Å². The zero-order chi connectivity index (χ0) is 20.8. The van der Waals surface area contributed by atoms with E-state index in [1.807, 2.05) is 42.5 Å². The quantitative estimate of drug-likeness (QED) is 0.229. The van der Waals surface area contributed by atoms with E-state index in [1.54, 1.807) is 18.3 Å². The summed E-state index contributed by atoms with van der Waals surface area (Å²) in [6.07, 6.45) is 1.71. The van der Waals surface area contributed by atoms with E-state index in [-0.39, 0.29) is 0 Å². The van der Waals surface area contributed by atoms with E-state index in [0.717, 1.165) is 25.6 Å². The number of hydrazone groups is 1. The van der Waals surface area contributed by atoms with Crippen LogP contribution in [0.1, 0.15) is 16.7 Å². The second kappa shape index (κ2) is 10.7. The number of benzene rings is 3. The molecule has 0 aliphatic rings. The molecule has 0 aromatic heterocycles. The van der Waals surface area contributed by atoms with Crippen LogP contribution < -0.4 is 10.2 Å². The highest BCUT2D eigenvalue weighted by Gasteiger charge is 2.09. The number of rotatable bonds is 7. The van der Waals surface area contributed by atoms with Crippen LogP contribution in [0, 0.1) is 0 Å². The molecule has 0 heterocycles. The molecule has 0 saturated heterocycles. The van der Waals surface area contributed by atoms with Gasteiger partial charge in [-0.1, -0.05) is 53.0 Å². The monoisotopic (exact) mass is 574 g/mol. The first-order valence-electron chi connectivity index (χ1n) is 8.49. The molecule has 0 aliphatic heterocycles. The van der Waals surface area contributed by atoms with Crippen molar-refractivity contribution in [1.82, 2.24) is 5.43 Å². The lowest BCUT2D eigenvalue weighted by Gasteiger charge is -2.11. The molecule has 0 spiro atoms. The van der Waals surface area contributed by atoms with Gasteiger partial charge in [0.25, 0.3) is 0 Å². The largest absolute Gasteiger partial charge is 0.487 e. The molecule has 0 saturated carbocycles. The fraction of sp³-hybridized carbons (Fsp3) is 0.0952. The van der Waals surface area contributed by atoms with Crippen molar-refractivity contribution in [3.8, 4) is 5.75 Å². The van der Waals surface area contributed by atoms with Crippen LogP contribution in [0.3, 0.4) is 0 Å². The van der Waals surface area contributed by atoms with Gasteiger partial charge < -0.3 is 10.2 Å². The van der Waals surface area contributed by atoms with E-state index in [0.29, 0.717) is 34.0 Å². The second-order valence-corrected chi connectivity index (χ2v) is 8.98. The van der Waals surface area contributed by atoms with Gasteiger partial charge in [0.15, 0.2) is 0 Å². The standard InChI is InChI=1S/C21H15Br2Cl3N2O/c22-17-8-14(10-27-28-11-16-19(25)2-1-3-20(16)26)9-18(23)21(17)29-12-13-4-6-15(24)7-5-13/h1-10,28H,11-12H2/b27-10-. The summed E-state index contributed by atoms with van der Waals surface area (Å²) in [5.41, 5.74) is 5.69. The Morgan fingerprint density at radius 3 is 2.17 bits per heavy atom. The third-order valence-electron chi connectivity index (χ3n) is 3.94. The normalized spacial score (nSPS) is 11.1. The topological polar surface area (TPSA) is 33.6 Å². The van der Waals surface area contributed by atoms with Gasteiger partial charge >= 0.3 is 0 Å². The predicted octanol–water partition coefficient (Wildman–Crippen LogP) is 7.87. The van der Waals surface area contributed by atoms with Crippen molar-refractivity contribution in [2.24, 2.45) is 5.10 Å². The maximum absolute atomic E-state index is 6.16. The molecule has 1 N–H and O–H groups in total. The molecule has 3 nitrogen and oxygen atoms in total. The van der Waals surface area contributed by atoms with Crippen LogP contribution in [-0.4, -0.2) is 6.21 Å². The highest BCUT2D eigenvalue weighted by atomic mass is 79.9. The van der Waals surface area contributed by atoms with E-state index in [2.05, 4.69) is 42.4 Å². The summed E-state index contributed by atoms with van der Waals surface area (Å²) in [6, 6.07) is 16.8. The number of nitrogens with one attached hydrogen (secondary N) is 1. The van der Waals surface area contributed by atoms with Crippen molar-refractivity contribution in [2.75, 3.05) is 0 Å². The average Bonchev–Trinajstić information content (AvgIpc) is 2.68. The minimum Gasteiger partial charge on any atom is -0.487 e. The number of nitrogens with zero attached hydrogens (tertiary/aromatic N) is 1. The van der Waals surface area contributed by atoms with Gasteiger partial charge in [-0.05, 0) is 79.4 Å². The first-order valence-corrected chi connectivity index (χ1v) is 11.2. The fourth-order valence-corrected chi connectivity index (χ4v) is 4.58. The van der Waals surface area contributed by atoms with Crippen LogP contribution in [0.2, 0.25) is 15.1 Å². The highest BCUT2D eigenvalue weighted by Crippen LogP contribution is 2.35. The molecule has 29 heavy (non-hydrogen) atoms. The molecule has 0 amide bonds. The minimum absolute atomic E-state index is 0.430. The van der Waals surface area contributed by atoms with E-state index >= 15 is 0 Å². The number of ether oxygens (including phenoxy) is 1. The summed E-state index contributed by atoms with van der Waals surface area (Å²) in [5, 5.41) is 6.15. The van der Waals surface area contributed by atoms with Crippen molar-refractivity contribution in [1.29, 1.82) is 0 Å². The molecule has 150 valence electrons. The zero-order valence-electron chi connectivity index (χ0n) is 14.9. The van der Waals surface area contributed by atoms with Gasteiger partial charge in [-0.25, -0.2) is 0 Å². The molecule has 0 unspecified atom stereocenters. The van der Waals surface area contributed by atoms with Crippen molar-refractivity contribution in [3.63, 3.8) is 0 Å². The Morgan fingerprint density at radius 2 is 1.55 bits per heavy atom. The third kappa shape index (κ3) is 6.37. The Hall–Kier alpha value is -1.24. The minimum atomic E-state index is 0.430. The van der Waals surface area contributed by atoms with Crippen LogP contribution in [0.4, 0.5) is 0 Å². The molecule has 0 bridgehead atoms. The van der Waals surface area contributed by atoms with E-state index < -0.39 is 0 Å². The molecule has 8 heteroatoms. The van der Waals surface area contributed by atoms with Gasteiger partial charge in [0.05, 0.1) is 21.7 Å². The summed E-state index contributed by atoms with van der Waals surface area (Å²) < 4.78 is 7.56. The summed E-state index contributed by atoms with van der Waals surface area (Å²) in [6.45, 7) is 0.863. The molecule has 0 atom stereocenters. The van der Waals surface area contributed by atoms with Gasteiger partial charge in [-0.15, -0.1) is 0 Å². The van der Waals surface area contributed by atoms with Crippen LogP contribution in [0.15, 0.2) is 68.6 Å². The maximum Gasteiger partial charge on any atom is 0.148 e. The van der Waals surface area contributed by atoms with E-state index in [9.17, 15) is 0 Å². The Bertz CT molecular complexity index is 984. The fourth-order valence-electron chi connectivity index (χ4n) is 2.47. The van der Waals surface area contributed by atoms with Crippen LogP contribution >= 0.6 is 66.7 Å². The average molecular weight is 578 g/mol. The lowest BCUT2D eigenvalue weighted by atomic mass is 10.2. The Labute approximate surface area is 201 Å². The number of hydrogen-bond donors (Lipinski definition) is 1. The summed E-state index contributed by atoms with van der Waals surface area (Å²) in [7, 11) is 0. The molecule has 0 fully saturated rings. The molecular formula is C21H15Br2Cl3N2O. The number of hydrogen-bond acceptors (Lipinski definition) is 3. The van der Waals surface area contributed by atoms with Crippen LogP contribution in [-0.2, 0) is 13.2 Å². The van der Waals surface area contributed by atoms with Crippen LogP contribution in [0.25, 0.3) is 0 Å². The SMILES string of the molecule is Clc1ccc(COc2c(Br)cc(/C=N\NCc3c(Cl)cccc3Cl)cc2Br)cc1. The molecule has 3 rings (SSSR count). The van der Waals surface area contributed by atoms with E-state index in [4.69, 9.17) is 39.5 Å². The van der Waals surface area contributed by atoms with Crippen molar-refractivity contribution in [3.05, 3.63) is 95.3 Å². The molecular weight excluding hydrogens is 562 g/mol. The first kappa shape index (κ1) is 22.4. The second-order valence-electron chi connectivity index (χ2n) is 6.02. The maximum atomic E-state index is 6.16. The molecule has 0 aliphatic carbocycles. The van der Waals surface area contributed by atoms with Crippen LogP contribution in [0.5, 0.6) is 5.75 Å². The lowest BCUT2D eigenvalue weighted by Crippen LogP contribution is -2.06. The Kier molecular flexibility index (Phi) is 8.27. The summed E-state index contributed by atoms with van der Waals surface area (Å²) in [4.78, 5) is 0. The zero-order valence-corrected chi connectivity index (χ0v) is 20.4. The molecule has 3 aromatic carbocycles. The van der Waals surface area contributed by atoms with Crippen molar-refractivity contribution < 1.29 is 4.74 Å².